The van der Waals surface area contributed by atoms with Crippen LogP contribution in [-0.2, 0) is 10.1 Å². The largest absolute Gasteiger partial charge is 0.683 e. The summed E-state index contributed by atoms with van der Waals surface area (Å²) in [7, 11) is -9.47. The van der Waals surface area contributed by atoms with Gasteiger partial charge in [0.05, 0.1) is 10.2 Å². The van der Waals surface area contributed by atoms with Crippen LogP contribution >= 0.6 is 7.94 Å². The topological polar surface area (TPSA) is 124 Å². The van der Waals surface area contributed by atoms with Gasteiger partial charge in [0.2, 0.25) is 0 Å². The SMILES string of the molecule is O=S(=O)(O)c1cccc([P+]([O-])([O-])[O-])c1. The van der Waals surface area contributed by atoms with Crippen LogP contribution in [0.2, 0.25) is 0 Å². The summed E-state index contributed by atoms with van der Waals surface area (Å²) in [5, 5.41) is -0.673. The van der Waals surface area contributed by atoms with Crippen molar-refractivity contribution in [2.24, 2.45) is 0 Å². The van der Waals surface area contributed by atoms with E-state index >= 15 is 0 Å². The molecule has 0 saturated heterocycles. The van der Waals surface area contributed by atoms with E-state index in [0.29, 0.717) is 6.07 Å². The maximum absolute atomic E-state index is 10.6. The standard InChI is InChI=1S/C6H7O6PS/c7-13(8,9)5-2-1-3-6(4-5)14(10,11)12/h1-4H,(H2,7,8,9)(H,10,11,12)/p-2. The second-order valence-corrected chi connectivity index (χ2v) is 5.40. The molecular weight excluding hydrogens is 231 g/mol. The first-order valence-corrected chi connectivity index (χ1v) is 6.30. The molecule has 0 unspecified atom stereocenters. The third-order valence-electron chi connectivity index (χ3n) is 1.43. The first-order valence-electron chi connectivity index (χ1n) is 3.31. The summed E-state index contributed by atoms with van der Waals surface area (Å²) in [5.41, 5.74) is 0. The van der Waals surface area contributed by atoms with Gasteiger partial charge in [-0.1, -0.05) is 6.07 Å². The molecule has 0 aliphatic carbocycles. The fourth-order valence-electron chi connectivity index (χ4n) is 0.814. The molecule has 0 bridgehead atoms. The van der Waals surface area contributed by atoms with E-state index in [9.17, 15) is 23.1 Å². The van der Waals surface area contributed by atoms with Crippen molar-refractivity contribution >= 4 is 23.4 Å². The molecule has 0 aliphatic rings. The van der Waals surface area contributed by atoms with Crippen LogP contribution in [0.1, 0.15) is 0 Å². The quantitative estimate of drug-likeness (QED) is 0.443. The van der Waals surface area contributed by atoms with Crippen molar-refractivity contribution in [2.75, 3.05) is 0 Å². The van der Waals surface area contributed by atoms with Crippen molar-refractivity contribution in [1.29, 1.82) is 0 Å². The van der Waals surface area contributed by atoms with Gasteiger partial charge >= 0.3 is 0 Å². The zero-order valence-electron chi connectivity index (χ0n) is 6.65. The summed E-state index contributed by atoms with van der Waals surface area (Å²) in [6.45, 7) is 0. The Morgan fingerprint density at radius 2 is 1.79 bits per heavy atom. The van der Waals surface area contributed by atoms with E-state index in [2.05, 4.69) is 0 Å². The molecule has 0 atom stereocenters. The molecule has 78 valence electrons. The Morgan fingerprint density at radius 3 is 2.21 bits per heavy atom. The van der Waals surface area contributed by atoms with Gasteiger partial charge in [0.15, 0.2) is 0 Å². The lowest BCUT2D eigenvalue weighted by Crippen LogP contribution is -2.40. The van der Waals surface area contributed by atoms with E-state index in [0.717, 1.165) is 18.2 Å². The number of benzene rings is 1. The summed E-state index contributed by atoms with van der Waals surface area (Å²) in [4.78, 5) is 30.9. The van der Waals surface area contributed by atoms with Gasteiger partial charge in [0.1, 0.15) is 0 Å². The summed E-state index contributed by atoms with van der Waals surface area (Å²) in [6.07, 6.45) is 0. The second-order valence-electron chi connectivity index (χ2n) is 2.47. The Morgan fingerprint density at radius 1 is 1.21 bits per heavy atom. The molecule has 1 rings (SSSR count). The molecule has 1 aromatic rings. The second kappa shape index (κ2) is 3.54. The van der Waals surface area contributed by atoms with E-state index in [1.807, 2.05) is 0 Å². The van der Waals surface area contributed by atoms with Gasteiger partial charge in [-0.3, -0.25) is 4.55 Å². The Hall–Kier alpha value is -0.560. The minimum atomic E-state index is -4.99. The first kappa shape index (κ1) is 11.5. The average Bonchev–Trinajstić information content (AvgIpc) is 2.01. The number of hydrogen-bond donors (Lipinski definition) is 1. The van der Waals surface area contributed by atoms with E-state index in [-0.39, 0.29) is 0 Å². The Balaban J connectivity index is 3.29. The zero-order chi connectivity index (χ0) is 11.0. The van der Waals surface area contributed by atoms with Gasteiger partial charge in [-0.25, -0.2) is 0 Å². The van der Waals surface area contributed by atoms with Crippen molar-refractivity contribution in [3.63, 3.8) is 0 Å². The fourth-order valence-corrected chi connectivity index (χ4v) is 1.99. The van der Waals surface area contributed by atoms with Crippen LogP contribution in [0, 0.1) is 0 Å². The van der Waals surface area contributed by atoms with Crippen LogP contribution in [0.15, 0.2) is 29.2 Å². The molecule has 0 spiro atoms. The number of rotatable bonds is 2. The highest BCUT2D eigenvalue weighted by atomic mass is 32.2. The molecule has 0 radical (unpaired) electrons. The molecule has 1 aromatic carbocycles. The maximum atomic E-state index is 10.6. The Bertz CT molecular complexity index is 434. The van der Waals surface area contributed by atoms with Gasteiger partial charge in [-0.05, 0) is 12.1 Å². The summed E-state index contributed by atoms with van der Waals surface area (Å²) >= 11 is 0. The maximum Gasteiger partial charge on any atom is 0.294 e. The van der Waals surface area contributed by atoms with Crippen molar-refractivity contribution in [1.82, 2.24) is 0 Å². The summed E-state index contributed by atoms with van der Waals surface area (Å²) in [5.74, 6) is 0. The average molecular weight is 236 g/mol. The highest BCUT2D eigenvalue weighted by Gasteiger charge is 2.12. The highest BCUT2D eigenvalue weighted by molar-refractivity contribution is 7.85. The van der Waals surface area contributed by atoms with Crippen molar-refractivity contribution in [2.45, 2.75) is 4.90 Å². The van der Waals surface area contributed by atoms with Crippen LogP contribution in [-0.4, -0.2) is 13.0 Å². The molecule has 0 aliphatic heterocycles. The monoisotopic (exact) mass is 236 g/mol. The predicted octanol–water partition coefficient (Wildman–Crippen LogP) is -2.60. The smallest absolute Gasteiger partial charge is 0.294 e. The highest BCUT2D eigenvalue weighted by Crippen LogP contribution is 2.27. The molecule has 6 nitrogen and oxygen atoms in total. The van der Waals surface area contributed by atoms with Gasteiger partial charge in [-0.2, -0.15) is 8.42 Å². The number of hydrogen-bond acceptors (Lipinski definition) is 5. The molecule has 1 N–H and O–H groups in total. The first-order chi connectivity index (χ1) is 6.21. The molecule has 8 heteroatoms. The van der Waals surface area contributed by atoms with E-state index in [1.54, 1.807) is 0 Å². The molecular formula is C6H5O6PS-2. The third-order valence-corrected chi connectivity index (χ3v) is 3.19. The van der Waals surface area contributed by atoms with E-state index < -0.39 is 28.3 Å². The predicted molar refractivity (Wildman–Crippen MR) is 42.8 cm³/mol. The van der Waals surface area contributed by atoms with Crippen molar-refractivity contribution in [3.8, 4) is 0 Å². The van der Waals surface area contributed by atoms with Crippen LogP contribution in [0.4, 0.5) is 0 Å². The van der Waals surface area contributed by atoms with E-state index in [1.165, 1.54) is 0 Å². The minimum absolute atomic E-state index is 0.607. The third kappa shape index (κ3) is 2.71. The van der Waals surface area contributed by atoms with Gasteiger partial charge in [0, 0.05) is 6.07 Å². The van der Waals surface area contributed by atoms with E-state index in [4.69, 9.17) is 4.55 Å². The Labute approximate surface area is 80.8 Å². The molecule has 14 heavy (non-hydrogen) atoms. The lowest BCUT2D eigenvalue weighted by molar-refractivity contribution is -0.421. The molecule has 0 heterocycles. The normalized spacial score (nSPS) is 12.9. The fraction of sp³-hybridized carbons (Fsp3) is 0. The molecule has 0 aromatic heterocycles. The summed E-state index contributed by atoms with van der Waals surface area (Å²) < 4.78 is 29.7. The van der Waals surface area contributed by atoms with Crippen LogP contribution in [0.3, 0.4) is 0 Å². The van der Waals surface area contributed by atoms with Crippen molar-refractivity contribution < 1.29 is 27.7 Å². The van der Waals surface area contributed by atoms with Crippen LogP contribution in [0.5, 0.6) is 0 Å². The van der Waals surface area contributed by atoms with Crippen molar-refractivity contribution in [3.05, 3.63) is 24.3 Å². The van der Waals surface area contributed by atoms with Crippen LogP contribution in [0.25, 0.3) is 0 Å². The molecule has 0 saturated carbocycles. The summed E-state index contributed by atoms with van der Waals surface area (Å²) in [6, 6.07) is 3.60. The van der Waals surface area contributed by atoms with Gasteiger partial charge in [-0.15, -0.1) is 7.94 Å². The Kier molecular flexibility index (Phi) is 2.91. The lowest BCUT2D eigenvalue weighted by atomic mass is 10.4. The van der Waals surface area contributed by atoms with Gasteiger partial charge < -0.3 is 14.7 Å². The van der Waals surface area contributed by atoms with Crippen LogP contribution < -0.4 is 20.0 Å². The van der Waals surface area contributed by atoms with Gasteiger partial charge in [0.25, 0.3) is 10.1 Å². The lowest BCUT2D eigenvalue weighted by Gasteiger charge is -2.41. The zero-order valence-corrected chi connectivity index (χ0v) is 8.36. The molecule has 0 fully saturated rings. The molecule has 0 amide bonds. The minimum Gasteiger partial charge on any atom is -0.683 e.